The third-order valence-corrected chi connectivity index (χ3v) is 7.06. The second kappa shape index (κ2) is 8.74. The van der Waals surface area contributed by atoms with Crippen LogP contribution in [0.2, 0.25) is 0 Å². The van der Waals surface area contributed by atoms with Crippen LogP contribution in [0.1, 0.15) is 18.4 Å². The summed E-state index contributed by atoms with van der Waals surface area (Å²) in [7, 11) is -3.08. The lowest BCUT2D eigenvalue weighted by atomic mass is 10.2. The molecule has 0 unspecified atom stereocenters. The summed E-state index contributed by atoms with van der Waals surface area (Å²) < 4.78 is 22.9. The van der Waals surface area contributed by atoms with Crippen LogP contribution in [0.4, 0.5) is 4.79 Å². The number of thioether (sulfide) groups is 1. The van der Waals surface area contributed by atoms with Crippen LogP contribution < -0.4 is 5.32 Å². The number of hydrogen-bond donors (Lipinski definition) is 1. The van der Waals surface area contributed by atoms with Gasteiger partial charge in [-0.05, 0) is 29.8 Å². The van der Waals surface area contributed by atoms with E-state index in [4.69, 9.17) is 0 Å². The summed E-state index contributed by atoms with van der Waals surface area (Å²) in [5, 5.41) is 2.24. The Morgan fingerprint density at radius 3 is 2.68 bits per heavy atom. The van der Waals surface area contributed by atoms with Crippen molar-refractivity contribution in [2.75, 3.05) is 18.1 Å². The highest BCUT2D eigenvalue weighted by molar-refractivity contribution is 8.18. The van der Waals surface area contributed by atoms with Gasteiger partial charge in [0.25, 0.3) is 11.1 Å². The van der Waals surface area contributed by atoms with Gasteiger partial charge >= 0.3 is 0 Å². The van der Waals surface area contributed by atoms with E-state index in [-0.39, 0.29) is 30.4 Å². The second-order valence-corrected chi connectivity index (χ2v) is 9.76. The van der Waals surface area contributed by atoms with Gasteiger partial charge < -0.3 is 5.32 Å². The Morgan fingerprint density at radius 2 is 2.00 bits per heavy atom. The van der Waals surface area contributed by atoms with Crippen LogP contribution in [0.15, 0.2) is 47.4 Å². The molecular formula is C19H20N2O5S2. The zero-order valence-electron chi connectivity index (χ0n) is 15.0. The largest absolute Gasteiger partial charge is 0.352 e. The van der Waals surface area contributed by atoms with Crippen LogP contribution >= 0.6 is 11.8 Å². The van der Waals surface area contributed by atoms with Crippen LogP contribution in [0.3, 0.4) is 0 Å². The quantitative estimate of drug-likeness (QED) is 0.706. The molecule has 3 amide bonds. The van der Waals surface area contributed by atoms with Crippen molar-refractivity contribution in [2.45, 2.75) is 18.9 Å². The summed E-state index contributed by atoms with van der Waals surface area (Å²) in [4.78, 5) is 37.8. The Balaban J connectivity index is 1.51. The summed E-state index contributed by atoms with van der Waals surface area (Å²) in [5.41, 5.74) is 0.976. The number of sulfone groups is 1. The summed E-state index contributed by atoms with van der Waals surface area (Å²) in [6.45, 7) is -0.0320. The Bertz CT molecular complexity index is 938. The molecule has 1 aromatic carbocycles. The van der Waals surface area contributed by atoms with E-state index in [1.54, 1.807) is 12.2 Å². The van der Waals surface area contributed by atoms with Crippen LogP contribution in [0, 0.1) is 0 Å². The predicted octanol–water partition coefficient (Wildman–Crippen LogP) is 1.97. The molecule has 0 spiro atoms. The molecule has 0 saturated carbocycles. The monoisotopic (exact) mass is 420 g/mol. The molecule has 1 N–H and O–H groups in total. The van der Waals surface area contributed by atoms with Crippen molar-refractivity contribution in [1.29, 1.82) is 0 Å². The number of nitrogens with zero attached hydrogens (tertiary/aromatic N) is 1. The minimum absolute atomic E-state index is 0.0320. The highest BCUT2D eigenvalue weighted by Gasteiger charge is 2.35. The maximum Gasteiger partial charge on any atom is 0.293 e. The maximum absolute atomic E-state index is 12.4. The van der Waals surface area contributed by atoms with Gasteiger partial charge in [0.1, 0.15) is 0 Å². The van der Waals surface area contributed by atoms with Crippen LogP contribution in [-0.4, -0.2) is 54.5 Å². The lowest BCUT2D eigenvalue weighted by Gasteiger charge is -2.14. The molecule has 0 radical (unpaired) electrons. The lowest BCUT2D eigenvalue weighted by Crippen LogP contribution is -2.38. The number of carbonyl (C=O) groups is 3. The maximum atomic E-state index is 12.4. The fourth-order valence-corrected chi connectivity index (χ4v) is 5.43. The van der Waals surface area contributed by atoms with Gasteiger partial charge in [-0.1, -0.05) is 42.5 Å². The average molecular weight is 421 g/mol. The molecule has 2 aliphatic heterocycles. The van der Waals surface area contributed by atoms with Gasteiger partial charge in [-0.3, -0.25) is 19.3 Å². The number of hydrogen-bond acceptors (Lipinski definition) is 6. The van der Waals surface area contributed by atoms with E-state index in [1.165, 1.54) is 0 Å². The van der Waals surface area contributed by atoms with E-state index in [1.807, 2.05) is 36.4 Å². The van der Waals surface area contributed by atoms with E-state index >= 15 is 0 Å². The molecule has 0 aliphatic carbocycles. The fourth-order valence-electron chi connectivity index (χ4n) is 2.94. The minimum atomic E-state index is -3.08. The fraction of sp³-hybridized carbons (Fsp3) is 0.316. The molecule has 9 heteroatoms. The number of carbonyl (C=O) groups excluding carboxylic acids is 3. The Hall–Kier alpha value is -2.39. The Morgan fingerprint density at radius 1 is 1.25 bits per heavy atom. The van der Waals surface area contributed by atoms with Gasteiger partial charge in [-0.2, -0.15) is 0 Å². The van der Waals surface area contributed by atoms with E-state index in [9.17, 15) is 22.8 Å². The topological polar surface area (TPSA) is 101 Å². The standard InChI is InChI=1S/C19H20N2O5S2/c22-17(20-15-10-12-28(25,26)13-15)9-11-21-18(23)16(27-19(21)24)8-4-7-14-5-2-1-3-6-14/h1-8,15H,9-13H2,(H,20,22)/b7-4+,16-8-/t15-/m1/s1. The molecule has 28 heavy (non-hydrogen) atoms. The minimum Gasteiger partial charge on any atom is -0.352 e. The molecule has 2 saturated heterocycles. The zero-order chi connectivity index (χ0) is 20.1. The third-order valence-electron chi connectivity index (χ3n) is 4.37. The normalized spacial score (nSPS) is 23.1. The second-order valence-electron chi connectivity index (χ2n) is 6.54. The molecule has 0 aromatic heterocycles. The number of nitrogens with one attached hydrogen (secondary N) is 1. The first-order valence-electron chi connectivity index (χ1n) is 8.81. The number of amides is 3. The van der Waals surface area contributed by atoms with E-state index in [2.05, 4.69) is 5.32 Å². The molecule has 7 nitrogen and oxygen atoms in total. The van der Waals surface area contributed by atoms with Gasteiger partial charge in [0, 0.05) is 19.0 Å². The highest BCUT2D eigenvalue weighted by atomic mass is 32.2. The molecule has 3 rings (SSSR count). The highest BCUT2D eigenvalue weighted by Crippen LogP contribution is 2.30. The summed E-state index contributed by atoms with van der Waals surface area (Å²) in [6.07, 6.45) is 5.46. The van der Waals surface area contributed by atoms with Crippen molar-refractivity contribution in [3.05, 3.63) is 53.0 Å². The van der Waals surface area contributed by atoms with Crippen molar-refractivity contribution in [2.24, 2.45) is 0 Å². The van der Waals surface area contributed by atoms with Gasteiger partial charge in [0.15, 0.2) is 9.84 Å². The summed E-state index contributed by atoms with van der Waals surface area (Å²) in [5.74, 6) is -0.780. The van der Waals surface area contributed by atoms with Gasteiger partial charge in [0.05, 0.1) is 16.4 Å². The van der Waals surface area contributed by atoms with Crippen molar-refractivity contribution >= 4 is 44.7 Å². The van der Waals surface area contributed by atoms with E-state index < -0.39 is 27.0 Å². The van der Waals surface area contributed by atoms with Crippen LogP contribution in [0.25, 0.3) is 6.08 Å². The molecule has 0 bridgehead atoms. The molecule has 2 heterocycles. The Labute approximate surface area is 167 Å². The smallest absolute Gasteiger partial charge is 0.293 e. The summed E-state index contributed by atoms with van der Waals surface area (Å²) >= 11 is 0.838. The summed E-state index contributed by atoms with van der Waals surface area (Å²) in [6, 6.07) is 9.16. The van der Waals surface area contributed by atoms with E-state index in [0.717, 1.165) is 22.2 Å². The zero-order valence-corrected chi connectivity index (χ0v) is 16.7. The number of allylic oxidation sites excluding steroid dienone is 2. The predicted molar refractivity (Wildman–Crippen MR) is 108 cm³/mol. The molecule has 2 fully saturated rings. The molecule has 2 aliphatic rings. The van der Waals surface area contributed by atoms with E-state index in [0.29, 0.717) is 11.3 Å². The van der Waals surface area contributed by atoms with Crippen molar-refractivity contribution < 1.29 is 22.8 Å². The van der Waals surface area contributed by atoms with Crippen molar-refractivity contribution in [1.82, 2.24) is 10.2 Å². The first-order valence-corrected chi connectivity index (χ1v) is 11.4. The van der Waals surface area contributed by atoms with Crippen molar-refractivity contribution in [3.63, 3.8) is 0 Å². The number of imide groups is 1. The molecular weight excluding hydrogens is 400 g/mol. The average Bonchev–Trinajstić information content (AvgIpc) is 3.12. The first kappa shape index (κ1) is 20.3. The molecule has 1 atom stereocenters. The van der Waals surface area contributed by atoms with Crippen molar-refractivity contribution in [3.8, 4) is 0 Å². The number of rotatable bonds is 6. The van der Waals surface area contributed by atoms with Gasteiger partial charge in [-0.25, -0.2) is 8.42 Å². The Kier molecular flexibility index (Phi) is 6.35. The van der Waals surface area contributed by atoms with Crippen LogP contribution in [0.5, 0.6) is 0 Å². The molecule has 148 valence electrons. The first-order chi connectivity index (χ1) is 13.3. The number of benzene rings is 1. The third kappa shape index (κ3) is 5.32. The SMILES string of the molecule is O=C(CCN1C(=O)S/C(=C\C=C\c2ccccc2)C1=O)N[C@@H]1CCS(=O)(=O)C1. The van der Waals surface area contributed by atoms with Gasteiger partial charge in [-0.15, -0.1) is 0 Å². The lowest BCUT2D eigenvalue weighted by molar-refractivity contribution is -0.124. The van der Waals surface area contributed by atoms with Crippen LogP contribution in [-0.2, 0) is 19.4 Å². The van der Waals surface area contributed by atoms with Gasteiger partial charge in [0.2, 0.25) is 5.91 Å². The molecule has 1 aromatic rings.